The maximum Gasteiger partial charge on any atom is 0.419 e. The van der Waals surface area contributed by atoms with Gasteiger partial charge in [-0.05, 0) is 12.1 Å². The van der Waals surface area contributed by atoms with E-state index in [1.165, 1.54) is 0 Å². The van der Waals surface area contributed by atoms with Gasteiger partial charge in [-0.3, -0.25) is 0 Å². The van der Waals surface area contributed by atoms with Crippen molar-refractivity contribution in [3.05, 3.63) is 29.6 Å². The zero-order valence-electron chi connectivity index (χ0n) is 8.12. The van der Waals surface area contributed by atoms with E-state index in [-0.39, 0.29) is 15.7 Å². The zero-order chi connectivity index (χ0) is 12.6. The van der Waals surface area contributed by atoms with E-state index in [1.54, 1.807) is 0 Å². The normalized spacial score (nSPS) is 11.8. The van der Waals surface area contributed by atoms with Crippen LogP contribution in [0.2, 0.25) is 0 Å². The zero-order valence-corrected chi connectivity index (χ0v) is 8.94. The van der Waals surface area contributed by atoms with Crippen molar-refractivity contribution in [3.8, 4) is 10.6 Å². The first kappa shape index (κ1) is 11.8. The van der Waals surface area contributed by atoms with Gasteiger partial charge in [-0.25, -0.2) is 4.39 Å². The van der Waals surface area contributed by atoms with Crippen molar-refractivity contribution in [2.75, 3.05) is 5.73 Å². The summed E-state index contributed by atoms with van der Waals surface area (Å²) in [5, 5.41) is 7.55. The minimum atomic E-state index is -4.71. The standard InChI is InChI=1S/C9H5F4N3S/c10-6-3-4(7-15-16-8(14)17-7)1-2-5(6)9(11,12)13/h1-3H,(H2,14,16). The Hall–Kier alpha value is -1.70. The molecule has 0 aliphatic rings. The second-order valence-corrected chi connectivity index (χ2v) is 4.15. The fraction of sp³-hybridized carbons (Fsp3) is 0.111. The molecule has 2 rings (SSSR count). The minimum Gasteiger partial charge on any atom is -0.374 e. The van der Waals surface area contributed by atoms with Crippen molar-refractivity contribution in [2.24, 2.45) is 0 Å². The first-order valence-corrected chi connectivity index (χ1v) is 5.15. The first-order chi connectivity index (χ1) is 7.88. The number of rotatable bonds is 1. The summed E-state index contributed by atoms with van der Waals surface area (Å²) in [6.07, 6.45) is -4.71. The van der Waals surface area contributed by atoms with Gasteiger partial charge in [0.05, 0.1) is 5.56 Å². The number of alkyl halides is 3. The third-order valence-corrected chi connectivity index (χ3v) is 2.76. The summed E-state index contributed by atoms with van der Waals surface area (Å²) in [7, 11) is 0. The highest BCUT2D eigenvalue weighted by atomic mass is 32.1. The fourth-order valence-electron chi connectivity index (χ4n) is 1.23. The Kier molecular flexibility index (Phi) is 2.74. The monoisotopic (exact) mass is 263 g/mol. The minimum absolute atomic E-state index is 0.167. The molecule has 0 radical (unpaired) electrons. The number of nitrogens with zero attached hydrogens (tertiary/aromatic N) is 2. The maximum atomic E-state index is 13.2. The molecule has 0 unspecified atom stereocenters. The number of halogens is 4. The molecule has 1 aromatic carbocycles. The van der Waals surface area contributed by atoms with E-state index >= 15 is 0 Å². The summed E-state index contributed by atoms with van der Waals surface area (Å²) < 4.78 is 50.1. The third-order valence-electron chi connectivity index (χ3n) is 1.96. The Bertz CT molecular complexity index is 549. The second-order valence-electron chi connectivity index (χ2n) is 3.14. The highest BCUT2D eigenvalue weighted by Crippen LogP contribution is 2.34. The van der Waals surface area contributed by atoms with Crippen molar-refractivity contribution in [1.29, 1.82) is 0 Å². The largest absolute Gasteiger partial charge is 0.419 e. The van der Waals surface area contributed by atoms with Crippen molar-refractivity contribution >= 4 is 16.5 Å². The van der Waals surface area contributed by atoms with Crippen LogP contribution in [0.4, 0.5) is 22.7 Å². The lowest BCUT2D eigenvalue weighted by Gasteiger charge is -2.08. The Balaban J connectivity index is 2.44. The average Bonchev–Trinajstić information content (AvgIpc) is 2.62. The van der Waals surface area contributed by atoms with Gasteiger partial charge in [0.1, 0.15) is 10.8 Å². The molecule has 0 saturated heterocycles. The predicted octanol–water partition coefficient (Wildman–Crippen LogP) is 2.95. The molecule has 0 spiro atoms. The predicted molar refractivity (Wildman–Crippen MR) is 54.7 cm³/mol. The van der Waals surface area contributed by atoms with Crippen molar-refractivity contribution < 1.29 is 17.6 Å². The maximum absolute atomic E-state index is 13.2. The number of hydrogen-bond acceptors (Lipinski definition) is 4. The molecule has 0 aliphatic heterocycles. The van der Waals surface area contributed by atoms with E-state index in [2.05, 4.69) is 10.2 Å². The van der Waals surface area contributed by atoms with Crippen molar-refractivity contribution in [2.45, 2.75) is 6.18 Å². The van der Waals surface area contributed by atoms with Crippen molar-refractivity contribution in [1.82, 2.24) is 10.2 Å². The van der Waals surface area contributed by atoms with Gasteiger partial charge >= 0.3 is 6.18 Å². The summed E-state index contributed by atoms with van der Waals surface area (Å²) in [4.78, 5) is 0. The molecule has 3 nitrogen and oxygen atoms in total. The molecule has 0 amide bonds. The van der Waals surface area contributed by atoms with E-state index in [4.69, 9.17) is 5.73 Å². The molecule has 1 aromatic heterocycles. The quantitative estimate of drug-likeness (QED) is 0.805. The molecule has 0 bridgehead atoms. The summed E-state index contributed by atoms with van der Waals surface area (Å²) in [6.45, 7) is 0. The average molecular weight is 263 g/mol. The SMILES string of the molecule is Nc1nnc(-c2ccc(C(F)(F)F)c(F)c2)s1. The number of nitrogen functional groups attached to an aromatic ring is 1. The van der Waals surface area contributed by atoms with Crippen LogP contribution < -0.4 is 5.73 Å². The number of aromatic nitrogens is 2. The molecule has 1 heterocycles. The molecule has 0 fully saturated rings. The van der Waals surface area contributed by atoms with Gasteiger partial charge in [0.15, 0.2) is 0 Å². The third kappa shape index (κ3) is 2.36. The van der Waals surface area contributed by atoms with Crippen LogP contribution in [0, 0.1) is 5.82 Å². The van der Waals surface area contributed by atoms with Crippen LogP contribution in [-0.4, -0.2) is 10.2 Å². The van der Waals surface area contributed by atoms with Crippen LogP contribution >= 0.6 is 11.3 Å². The fourth-order valence-corrected chi connectivity index (χ4v) is 1.84. The summed E-state index contributed by atoms with van der Waals surface area (Å²) in [6, 6.07) is 2.57. The second kappa shape index (κ2) is 3.95. The molecular formula is C9H5F4N3S. The lowest BCUT2D eigenvalue weighted by atomic mass is 10.1. The Morgan fingerprint density at radius 2 is 1.88 bits per heavy atom. The highest BCUT2D eigenvalue weighted by Gasteiger charge is 2.34. The molecule has 2 aromatic rings. The van der Waals surface area contributed by atoms with E-state index in [0.29, 0.717) is 6.07 Å². The van der Waals surface area contributed by atoms with Gasteiger partial charge in [0.25, 0.3) is 0 Å². The number of anilines is 1. The van der Waals surface area contributed by atoms with Gasteiger partial charge < -0.3 is 5.73 Å². The highest BCUT2D eigenvalue weighted by molar-refractivity contribution is 7.18. The van der Waals surface area contributed by atoms with Crippen molar-refractivity contribution in [3.63, 3.8) is 0 Å². The number of hydrogen-bond donors (Lipinski definition) is 1. The van der Waals surface area contributed by atoms with Crippen LogP contribution in [0.3, 0.4) is 0 Å². The van der Waals surface area contributed by atoms with E-state index < -0.39 is 17.6 Å². The molecule has 0 atom stereocenters. The Morgan fingerprint density at radius 3 is 2.35 bits per heavy atom. The van der Waals surface area contributed by atoms with Crippen LogP contribution in [0.25, 0.3) is 10.6 Å². The van der Waals surface area contributed by atoms with Gasteiger partial charge in [-0.2, -0.15) is 13.2 Å². The lowest BCUT2D eigenvalue weighted by molar-refractivity contribution is -0.139. The first-order valence-electron chi connectivity index (χ1n) is 4.34. The molecule has 2 N–H and O–H groups in total. The summed E-state index contributed by atoms with van der Waals surface area (Å²) in [5.41, 5.74) is 4.23. The molecular weight excluding hydrogens is 258 g/mol. The lowest BCUT2D eigenvalue weighted by Crippen LogP contribution is -2.07. The van der Waals surface area contributed by atoms with Gasteiger partial charge in [-0.1, -0.05) is 17.4 Å². The van der Waals surface area contributed by atoms with Crippen LogP contribution in [-0.2, 0) is 6.18 Å². The van der Waals surface area contributed by atoms with E-state index in [1.807, 2.05) is 0 Å². The Labute approximate surface area is 96.9 Å². The summed E-state index contributed by atoms with van der Waals surface area (Å²) >= 11 is 0.971. The van der Waals surface area contributed by atoms with Crippen LogP contribution in [0.5, 0.6) is 0 Å². The topological polar surface area (TPSA) is 51.8 Å². The van der Waals surface area contributed by atoms with Gasteiger partial charge in [-0.15, -0.1) is 10.2 Å². The van der Waals surface area contributed by atoms with E-state index in [0.717, 1.165) is 23.5 Å². The van der Waals surface area contributed by atoms with Crippen LogP contribution in [0.15, 0.2) is 18.2 Å². The molecule has 17 heavy (non-hydrogen) atoms. The van der Waals surface area contributed by atoms with Gasteiger partial charge in [0.2, 0.25) is 5.13 Å². The molecule has 0 saturated carbocycles. The van der Waals surface area contributed by atoms with Gasteiger partial charge in [0, 0.05) is 5.56 Å². The summed E-state index contributed by atoms with van der Waals surface area (Å²) in [5.74, 6) is -1.34. The molecule has 90 valence electrons. The smallest absolute Gasteiger partial charge is 0.374 e. The Morgan fingerprint density at radius 1 is 1.18 bits per heavy atom. The van der Waals surface area contributed by atoms with E-state index in [9.17, 15) is 17.6 Å². The molecule has 0 aliphatic carbocycles. The number of nitrogens with two attached hydrogens (primary N) is 1. The van der Waals surface area contributed by atoms with Crippen LogP contribution in [0.1, 0.15) is 5.56 Å². The number of benzene rings is 1. The molecule has 8 heteroatoms.